The molecule has 0 radical (unpaired) electrons. The zero-order valence-electron chi connectivity index (χ0n) is 13.0. The van der Waals surface area contributed by atoms with Crippen molar-refractivity contribution in [3.05, 3.63) is 34.9 Å². The Kier molecular flexibility index (Phi) is 8.96. The van der Waals surface area contributed by atoms with Gasteiger partial charge in [-0.2, -0.15) is 8.42 Å². The Morgan fingerprint density at radius 1 is 1.23 bits per heavy atom. The number of aliphatic hydroxyl groups excluding tert-OH is 1. The van der Waals surface area contributed by atoms with E-state index >= 15 is 0 Å². The molecule has 0 spiro atoms. The fraction of sp³-hybridized carbons (Fsp3) is 0.467. The van der Waals surface area contributed by atoms with Crippen molar-refractivity contribution in [2.45, 2.75) is 39.5 Å². The molecule has 5 N–H and O–H groups in total. The molecule has 0 aliphatic carbocycles. The lowest BCUT2D eigenvalue weighted by molar-refractivity contribution is 0.288. The van der Waals surface area contributed by atoms with Gasteiger partial charge in [-0.15, -0.1) is 0 Å². The van der Waals surface area contributed by atoms with E-state index in [1.54, 1.807) is 0 Å². The quantitative estimate of drug-likeness (QED) is 0.469. The van der Waals surface area contributed by atoms with E-state index in [9.17, 15) is 0 Å². The molecule has 0 atom stereocenters. The van der Waals surface area contributed by atoms with E-state index in [0.29, 0.717) is 0 Å². The van der Waals surface area contributed by atoms with Gasteiger partial charge in [0.15, 0.2) is 0 Å². The minimum Gasteiger partial charge on any atom is -0.398 e. The molecule has 0 aromatic heterocycles. The molecule has 6 nitrogen and oxygen atoms in total. The van der Waals surface area contributed by atoms with Gasteiger partial charge in [0.1, 0.15) is 0 Å². The minimum absolute atomic E-state index is 0.230. The lowest BCUT2D eigenvalue weighted by Gasteiger charge is -2.17. The number of rotatable bonds is 6. The van der Waals surface area contributed by atoms with E-state index < -0.39 is 10.4 Å². The van der Waals surface area contributed by atoms with Gasteiger partial charge in [0.2, 0.25) is 0 Å². The lowest BCUT2D eigenvalue weighted by Crippen LogP contribution is -2.05. The van der Waals surface area contributed by atoms with Gasteiger partial charge in [-0.1, -0.05) is 26.5 Å². The molecule has 1 aromatic rings. The summed E-state index contributed by atoms with van der Waals surface area (Å²) >= 11 is 0. The van der Waals surface area contributed by atoms with Crippen molar-refractivity contribution >= 4 is 22.2 Å². The number of aliphatic hydroxyl groups is 1. The summed E-state index contributed by atoms with van der Waals surface area (Å²) in [6.07, 6.45) is 5.52. The number of hydrogen-bond donors (Lipinski definition) is 4. The highest BCUT2D eigenvalue weighted by atomic mass is 32.3. The molecular formula is C15H25NO5S. The molecular weight excluding hydrogens is 306 g/mol. The number of benzene rings is 1. The summed E-state index contributed by atoms with van der Waals surface area (Å²) in [6, 6.07) is 2.05. The van der Waals surface area contributed by atoms with Gasteiger partial charge in [-0.25, -0.2) is 0 Å². The monoisotopic (exact) mass is 331 g/mol. The van der Waals surface area contributed by atoms with Crippen molar-refractivity contribution in [2.24, 2.45) is 0 Å². The van der Waals surface area contributed by atoms with Crippen LogP contribution in [0.25, 0.3) is 6.08 Å². The Morgan fingerprint density at radius 3 is 2.09 bits per heavy atom. The van der Waals surface area contributed by atoms with Crippen molar-refractivity contribution in [3.63, 3.8) is 0 Å². The Hall–Kier alpha value is -1.41. The molecule has 0 saturated carbocycles. The Labute approximate surface area is 132 Å². The smallest absolute Gasteiger partial charge is 0.394 e. The number of nitrogens with two attached hydrogens (primary N) is 1. The lowest BCUT2D eigenvalue weighted by atomic mass is 9.89. The molecule has 0 amide bonds. The van der Waals surface area contributed by atoms with Crippen molar-refractivity contribution in [1.29, 1.82) is 0 Å². The zero-order chi connectivity index (χ0) is 17.3. The summed E-state index contributed by atoms with van der Waals surface area (Å²) in [5.41, 5.74) is 11.9. The predicted molar refractivity (Wildman–Crippen MR) is 89.3 cm³/mol. The van der Waals surface area contributed by atoms with Crippen LogP contribution in [0.1, 0.15) is 42.5 Å². The third-order valence-electron chi connectivity index (χ3n) is 3.23. The Morgan fingerprint density at radius 2 is 1.73 bits per heavy atom. The molecule has 0 bridgehead atoms. The van der Waals surface area contributed by atoms with Crippen molar-refractivity contribution in [2.75, 3.05) is 12.3 Å². The molecule has 1 rings (SSSR count). The van der Waals surface area contributed by atoms with Crippen LogP contribution in [0.4, 0.5) is 5.69 Å². The first-order chi connectivity index (χ1) is 10.2. The van der Waals surface area contributed by atoms with Gasteiger partial charge >= 0.3 is 10.4 Å². The van der Waals surface area contributed by atoms with Crippen molar-refractivity contribution < 1.29 is 22.6 Å². The van der Waals surface area contributed by atoms with Crippen LogP contribution in [0.5, 0.6) is 0 Å². The molecule has 126 valence electrons. The number of aryl methyl sites for hydroxylation is 1. The van der Waals surface area contributed by atoms with Gasteiger partial charge in [0, 0.05) is 17.9 Å². The van der Waals surface area contributed by atoms with Gasteiger partial charge in [-0.3, -0.25) is 9.11 Å². The summed E-state index contributed by atoms with van der Waals surface area (Å²) in [5, 5.41) is 8.94. The zero-order valence-corrected chi connectivity index (χ0v) is 13.9. The summed E-state index contributed by atoms with van der Waals surface area (Å²) in [6.45, 7) is 8.39. The minimum atomic E-state index is -4.67. The van der Waals surface area contributed by atoms with Crippen LogP contribution in [0.3, 0.4) is 0 Å². The van der Waals surface area contributed by atoms with E-state index in [-0.39, 0.29) is 6.61 Å². The van der Waals surface area contributed by atoms with Crippen LogP contribution in [0.15, 0.2) is 12.6 Å². The van der Waals surface area contributed by atoms with Crippen LogP contribution in [-0.2, 0) is 29.7 Å². The van der Waals surface area contributed by atoms with E-state index in [1.807, 2.05) is 12.1 Å². The first kappa shape index (κ1) is 20.6. The maximum absolute atomic E-state index is 8.94. The fourth-order valence-electron chi connectivity index (χ4n) is 2.46. The molecule has 0 aliphatic rings. The largest absolute Gasteiger partial charge is 0.398 e. The second-order valence-electron chi connectivity index (χ2n) is 4.68. The second kappa shape index (κ2) is 9.58. The maximum Gasteiger partial charge on any atom is 0.394 e. The topological polar surface area (TPSA) is 121 Å². The molecule has 0 fully saturated rings. The molecule has 0 aliphatic heterocycles. The second-order valence-corrected chi connectivity index (χ2v) is 5.58. The molecule has 22 heavy (non-hydrogen) atoms. The molecule has 1 aromatic carbocycles. The van der Waals surface area contributed by atoms with Crippen LogP contribution in [-0.4, -0.2) is 29.2 Å². The van der Waals surface area contributed by atoms with Crippen LogP contribution in [0, 0.1) is 0 Å². The standard InChI is InChI=1S/C15H23NO.H2O4S/c1-4-12-11(8-7-9-17)10-15(16)14(6-3)13(12)5-2;1-5(2,3)4/h6,10,17H,3-5,7-9,16H2,1-2H3;(H2,1,2,3,4). The number of nitrogen functional groups attached to an aromatic ring is 1. The Bertz CT molecular complexity index is 588. The fourth-order valence-corrected chi connectivity index (χ4v) is 2.46. The van der Waals surface area contributed by atoms with E-state index in [2.05, 4.69) is 20.4 Å². The maximum atomic E-state index is 8.94. The highest BCUT2D eigenvalue weighted by molar-refractivity contribution is 7.79. The molecule has 0 saturated heterocycles. The van der Waals surface area contributed by atoms with E-state index in [4.69, 9.17) is 28.4 Å². The highest BCUT2D eigenvalue weighted by Crippen LogP contribution is 2.28. The predicted octanol–water partition coefficient (Wildman–Crippen LogP) is 2.31. The summed E-state index contributed by atoms with van der Waals surface area (Å²) in [7, 11) is -4.67. The van der Waals surface area contributed by atoms with Crippen LogP contribution >= 0.6 is 0 Å². The van der Waals surface area contributed by atoms with Crippen molar-refractivity contribution in [1.82, 2.24) is 0 Å². The first-order valence-electron chi connectivity index (χ1n) is 7.05. The summed E-state index contributed by atoms with van der Waals surface area (Å²) in [4.78, 5) is 0. The molecule has 0 unspecified atom stereocenters. The summed E-state index contributed by atoms with van der Waals surface area (Å²) in [5.74, 6) is 0. The highest BCUT2D eigenvalue weighted by Gasteiger charge is 2.12. The van der Waals surface area contributed by atoms with Crippen LogP contribution < -0.4 is 5.73 Å². The Balaban J connectivity index is 0.000000763. The number of anilines is 1. The number of hydrogen-bond acceptors (Lipinski definition) is 4. The van der Waals surface area contributed by atoms with E-state index in [1.165, 1.54) is 16.7 Å². The van der Waals surface area contributed by atoms with Gasteiger partial charge in [0.05, 0.1) is 0 Å². The third-order valence-corrected chi connectivity index (χ3v) is 3.23. The average molecular weight is 331 g/mol. The van der Waals surface area contributed by atoms with Crippen molar-refractivity contribution in [3.8, 4) is 0 Å². The molecule has 7 heteroatoms. The van der Waals surface area contributed by atoms with Gasteiger partial charge in [-0.05, 0) is 48.4 Å². The third kappa shape index (κ3) is 7.04. The SMILES string of the molecule is C=Cc1c(N)cc(CCCO)c(CC)c1CC.O=S(=O)(O)O. The van der Waals surface area contributed by atoms with Gasteiger partial charge < -0.3 is 10.8 Å². The van der Waals surface area contributed by atoms with Gasteiger partial charge in [0.25, 0.3) is 0 Å². The summed E-state index contributed by atoms with van der Waals surface area (Å²) < 4.78 is 31.6. The average Bonchev–Trinajstić information content (AvgIpc) is 2.42. The van der Waals surface area contributed by atoms with E-state index in [0.717, 1.165) is 36.9 Å². The normalized spacial score (nSPS) is 10.8. The van der Waals surface area contributed by atoms with Crippen LogP contribution in [0.2, 0.25) is 0 Å². The molecule has 0 heterocycles. The first-order valence-corrected chi connectivity index (χ1v) is 8.45.